The Morgan fingerprint density at radius 3 is 3.00 bits per heavy atom. The maximum atomic E-state index is 9.88. The van der Waals surface area contributed by atoms with E-state index in [2.05, 4.69) is 29.1 Å². The first-order chi connectivity index (χ1) is 7.75. The molecule has 3 atom stereocenters. The van der Waals surface area contributed by atoms with Gasteiger partial charge in [0.1, 0.15) is 0 Å². The maximum Gasteiger partial charge on any atom is 0.0693 e. The van der Waals surface area contributed by atoms with Crippen molar-refractivity contribution < 1.29 is 5.11 Å². The van der Waals surface area contributed by atoms with Gasteiger partial charge in [-0.15, -0.1) is 0 Å². The highest BCUT2D eigenvalue weighted by atomic mass is 32.1. The average Bonchev–Trinajstić information content (AvgIpc) is 2.74. The first-order valence-electron chi connectivity index (χ1n) is 6.21. The fourth-order valence-corrected chi connectivity index (χ4v) is 3.17. The summed E-state index contributed by atoms with van der Waals surface area (Å²) in [6.45, 7) is 2.21. The standard InChI is InChI=1S/C13H21NOS/c1-10(8-11-6-7-16-9-11)14-12-4-2-3-5-13(12)15/h6-7,9-10,12-15H,2-5,8H2,1H3. The lowest BCUT2D eigenvalue weighted by Gasteiger charge is -2.31. The van der Waals surface area contributed by atoms with Crippen LogP contribution in [0.15, 0.2) is 16.8 Å². The third kappa shape index (κ3) is 3.30. The molecular formula is C13H21NOS. The van der Waals surface area contributed by atoms with Crippen LogP contribution in [0.25, 0.3) is 0 Å². The minimum atomic E-state index is -0.140. The zero-order valence-corrected chi connectivity index (χ0v) is 10.7. The van der Waals surface area contributed by atoms with Crippen LogP contribution in [0, 0.1) is 0 Å². The van der Waals surface area contributed by atoms with Gasteiger partial charge in [0.25, 0.3) is 0 Å². The molecule has 0 saturated heterocycles. The van der Waals surface area contributed by atoms with E-state index in [4.69, 9.17) is 0 Å². The van der Waals surface area contributed by atoms with E-state index in [9.17, 15) is 5.11 Å². The second-order valence-electron chi connectivity index (χ2n) is 4.86. The van der Waals surface area contributed by atoms with Crippen molar-refractivity contribution >= 4 is 11.3 Å². The van der Waals surface area contributed by atoms with Crippen LogP contribution in [0.1, 0.15) is 38.2 Å². The summed E-state index contributed by atoms with van der Waals surface area (Å²) in [6.07, 6.45) is 5.43. The van der Waals surface area contributed by atoms with Gasteiger partial charge in [0.2, 0.25) is 0 Å². The monoisotopic (exact) mass is 239 g/mol. The fourth-order valence-electron chi connectivity index (χ4n) is 2.49. The Labute approximate surface area is 102 Å². The van der Waals surface area contributed by atoms with Gasteiger partial charge >= 0.3 is 0 Å². The minimum absolute atomic E-state index is 0.140. The van der Waals surface area contributed by atoms with E-state index >= 15 is 0 Å². The smallest absolute Gasteiger partial charge is 0.0693 e. The van der Waals surface area contributed by atoms with E-state index in [0.29, 0.717) is 12.1 Å². The molecule has 3 unspecified atom stereocenters. The third-order valence-electron chi connectivity index (χ3n) is 3.35. The Bertz CT molecular complexity index is 299. The van der Waals surface area contributed by atoms with Crippen LogP contribution in [0.3, 0.4) is 0 Å². The molecule has 2 rings (SSSR count). The molecular weight excluding hydrogens is 218 g/mol. The van der Waals surface area contributed by atoms with Crippen molar-refractivity contribution in [2.24, 2.45) is 0 Å². The summed E-state index contributed by atoms with van der Waals surface area (Å²) in [7, 11) is 0. The van der Waals surface area contributed by atoms with Gasteiger partial charge in [-0.3, -0.25) is 0 Å². The van der Waals surface area contributed by atoms with E-state index in [1.54, 1.807) is 11.3 Å². The number of aliphatic hydroxyl groups excluding tert-OH is 1. The van der Waals surface area contributed by atoms with Crippen LogP contribution in [0.2, 0.25) is 0 Å². The van der Waals surface area contributed by atoms with Crippen molar-refractivity contribution in [3.8, 4) is 0 Å². The molecule has 0 amide bonds. The van der Waals surface area contributed by atoms with Gasteiger partial charge in [0, 0.05) is 12.1 Å². The van der Waals surface area contributed by atoms with Crippen molar-refractivity contribution in [3.63, 3.8) is 0 Å². The molecule has 0 radical (unpaired) electrons. The number of nitrogens with one attached hydrogen (secondary N) is 1. The topological polar surface area (TPSA) is 32.3 Å². The molecule has 2 nitrogen and oxygen atoms in total. The van der Waals surface area contributed by atoms with Crippen molar-refractivity contribution in [2.75, 3.05) is 0 Å². The van der Waals surface area contributed by atoms with Gasteiger partial charge in [-0.1, -0.05) is 12.8 Å². The molecule has 0 bridgehead atoms. The Morgan fingerprint density at radius 1 is 1.50 bits per heavy atom. The van der Waals surface area contributed by atoms with E-state index < -0.39 is 0 Å². The van der Waals surface area contributed by atoms with Gasteiger partial charge in [0.15, 0.2) is 0 Å². The van der Waals surface area contributed by atoms with Gasteiger partial charge in [-0.2, -0.15) is 11.3 Å². The molecule has 3 heteroatoms. The average molecular weight is 239 g/mol. The lowest BCUT2D eigenvalue weighted by molar-refractivity contribution is 0.0860. The normalized spacial score (nSPS) is 27.9. The van der Waals surface area contributed by atoms with Crippen LogP contribution < -0.4 is 5.32 Å². The van der Waals surface area contributed by atoms with Gasteiger partial charge in [0.05, 0.1) is 6.10 Å². The molecule has 0 spiro atoms. The molecule has 1 aromatic heterocycles. The molecule has 1 saturated carbocycles. The molecule has 1 aliphatic carbocycles. The quantitative estimate of drug-likeness (QED) is 0.846. The van der Waals surface area contributed by atoms with Crippen LogP contribution in [-0.4, -0.2) is 23.3 Å². The summed E-state index contributed by atoms with van der Waals surface area (Å²) in [5, 5.41) is 17.8. The Kier molecular flexibility index (Phi) is 4.38. The molecule has 1 aliphatic rings. The molecule has 0 aliphatic heterocycles. The highest BCUT2D eigenvalue weighted by Crippen LogP contribution is 2.19. The van der Waals surface area contributed by atoms with Crippen molar-refractivity contribution in [1.82, 2.24) is 5.32 Å². The number of thiophene rings is 1. The van der Waals surface area contributed by atoms with Gasteiger partial charge < -0.3 is 10.4 Å². The Morgan fingerprint density at radius 2 is 2.31 bits per heavy atom. The van der Waals surface area contributed by atoms with Crippen molar-refractivity contribution in [2.45, 2.75) is 57.2 Å². The summed E-state index contributed by atoms with van der Waals surface area (Å²) in [6, 6.07) is 2.94. The molecule has 1 heterocycles. The summed E-state index contributed by atoms with van der Waals surface area (Å²) >= 11 is 1.75. The molecule has 2 N–H and O–H groups in total. The van der Waals surface area contributed by atoms with E-state index in [1.807, 2.05) is 0 Å². The Balaban J connectivity index is 1.79. The van der Waals surface area contributed by atoms with Crippen LogP contribution >= 0.6 is 11.3 Å². The number of hydrogen-bond acceptors (Lipinski definition) is 3. The first kappa shape index (κ1) is 12.1. The zero-order valence-electron chi connectivity index (χ0n) is 9.86. The SMILES string of the molecule is CC(Cc1ccsc1)NC1CCCCC1O. The van der Waals surface area contributed by atoms with E-state index in [1.165, 1.54) is 18.4 Å². The fraction of sp³-hybridized carbons (Fsp3) is 0.692. The Hall–Kier alpha value is -0.380. The zero-order chi connectivity index (χ0) is 11.4. The number of hydrogen-bond donors (Lipinski definition) is 2. The highest BCUT2D eigenvalue weighted by molar-refractivity contribution is 7.07. The van der Waals surface area contributed by atoms with Crippen molar-refractivity contribution in [1.29, 1.82) is 0 Å². The van der Waals surface area contributed by atoms with Gasteiger partial charge in [-0.25, -0.2) is 0 Å². The van der Waals surface area contributed by atoms with Crippen LogP contribution in [0.5, 0.6) is 0 Å². The molecule has 0 aromatic carbocycles. The minimum Gasteiger partial charge on any atom is -0.392 e. The summed E-state index contributed by atoms with van der Waals surface area (Å²) in [5.41, 5.74) is 1.40. The van der Waals surface area contributed by atoms with Crippen molar-refractivity contribution in [3.05, 3.63) is 22.4 Å². The first-order valence-corrected chi connectivity index (χ1v) is 7.15. The molecule has 1 aromatic rings. The second kappa shape index (κ2) is 5.80. The molecule has 1 fully saturated rings. The number of aliphatic hydroxyl groups is 1. The van der Waals surface area contributed by atoms with E-state index in [-0.39, 0.29) is 6.10 Å². The molecule has 16 heavy (non-hydrogen) atoms. The lowest BCUT2D eigenvalue weighted by Crippen LogP contribution is -2.46. The predicted octanol–water partition coefficient (Wildman–Crippen LogP) is 2.57. The van der Waals surface area contributed by atoms with E-state index in [0.717, 1.165) is 19.3 Å². The van der Waals surface area contributed by atoms with Crippen LogP contribution in [-0.2, 0) is 6.42 Å². The third-order valence-corrected chi connectivity index (χ3v) is 4.08. The second-order valence-corrected chi connectivity index (χ2v) is 5.64. The summed E-state index contributed by atoms with van der Waals surface area (Å²) in [4.78, 5) is 0. The number of rotatable bonds is 4. The summed E-state index contributed by atoms with van der Waals surface area (Å²) < 4.78 is 0. The molecule has 90 valence electrons. The van der Waals surface area contributed by atoms with Crippen LogP contribution in [0.4, 0.5) is 0 Å². The lowest BCUT2D eigenvalue weighted by atomic mass is 9.92. The highest BCUT2D eigenvalue weighted by Gasteiger charge is 2.23. The largest absolute Gasteiger partial charge is 0.392 e. The maximum absolute atomic E-state index is 9.88. The predicted molar refractivity (Wildman–Crippen MR) is 68.9 cm³/mol. The summed E-state index contributed by atoms with van der Waals surface area (Å²) in [5.74, 6) is 0. The van der Waals surface area contributed by atoms with Gasteiger partial charge in [-0.05, 0) is 48.6 Å².